The maximum absolute atomic E-state index is 10.3. The van der Waals surface area contributed by atoms with Crippen molar-refractivity contribution >= 4 is 0 Å². The third kappa shape index (κ3) is 1.04. The predicted molar refractivity (Wildman–Crippen MR) is 49.6 cm³/mol. The maximum atomic E-state index is 10.3. The Bertz CT molecular complexity index is 276. The van der Waals surface area contributed by atoms with Gasteiger partial charge in [0.15, 0.2) is 6.29 Å². The summed E-state index contributed by atoms with van der Waals surface area (Å²) >= 11 is 0. The predicted octanol–water partition coefficient (Wildman–Crippen LogP) is -2.48. The van der Waals surface area contributed by atoms with Crippen LogP contribution in [0.4, 0.5) is 0 Å². The van der Waals surface area contributed by atoms with Gasteiger partial charge in [0, 0.05) is 5.41 Å². The molecule has 15 heavy (non-hydrogen) atoms. The van der Waals surface area contributed by atoms with Crippen LogP contribution in [0.1, 0.15) is 13.8 Å². The van der Waals surface area contributed by atoms with Gasteiger partial charge in [0.25, 0.3) is 0 Å². The fourth-order valence-electron chi connectivity index (χ4n) is 2.54. The van der Waals surface area contributed by atoms with Gasteiger partial charge >= 0.3 is 0 Å². The van der Waals surface area contributed by atoms with E-state index in [1.807, 2.05) is 0 Å². The van der Waals surface area contributed by atoms with Crippen molar-refractivity contribution < 1.29 is 25.2 Å². The van der Waals surface area contributed by atoms with Gasteiger partial charge in [-0.3, -0.25) is 0 Å². The van der Waals surface area contributed by atoms with Crippen LogP contribution < -0.4 is 5.73 Å². The molecule has 88 valence electrons. The Hall–Kier alpha value is -0.240. The quantitative estimate of drug-likeness (QED) is 0.308. The Balaban J connectivity index is 2.34. The van der Waals surface area contributed by atoms with E-state index in [0.29, 0.717) is 0 Å². The number of aliphatic hydroxyl groups excluding tert-OH is 3. The monoisotopic (exact) mass is 219 g/mol. The zero-order chi connectivity index (χ0) is 11.6. The molecule has 0 aromatic heterocycles. The van der Waals surface area contributed by atoms with Crippen LogP contribution in [0.2, 0.25) is 0 Å². The number of hydrogen-bond donors (Lipinski definition) is 5. The standard InChI is InChI=1S/C9H17NO5/c1-8(2)5(12)6-9(8,14)4(11)3(10)7(13)15-6/h3-7,11-14H,10H2,1-2H3/t3-,4-,5?,6-,7-,9+/m1/s1. The average Bonchev–Trinajstić information content (AvgIpc) is 2.19. The van der Waals surface area contributed by atoms with Crippen LogP contribution in [-0.2, 0) is 4.74 Å². The van der Waals surface area contributed by atoms with Crippen molar-refractivity contribution in [2.75, 3.05) is 0 Å². The molecular formula is C9H17NO5. The van der Waals surface area contributed by atoms with Gasteiger partial charge in [0.2, 0.25) is 0 Å². The van der Waals surface area contributed by atoms with E-state index in [2.05, 4.69) is 0 Å². The van der Waals surface area contributed by atoms with E-state index < -0.39 is 41.7 Å². The van der Waals surface area contributed by atoms with E-state index in [1.54, 1.807) is 13.8 Å². The summed E-state index contributed by atoms with van der Waals surface area (Å²) in [6.45, 7) is 3.23. The SMILES string of the molecule is CC1(C)C(O)[C@H]2O[C@@H](O)[C@H](N)[C@@H](O)[C@]21O. The van der Waals surface area contributed by atoms with Gasteiger partial charge in [-0.2, -0.15) is 0 Å². The lowest BCUT2D eigenvalue weighted by Gasteiger charge is -2.66. The molecule has 1 saturated heterocycles. The van der Waals surface area contributed by atoms with Crippen molar-refractivity contribution in [3.05, 3.63) is 0 Å². The Morgan fingerprint density at radius 3 is 2.20 bits per heavy atom. The fourth-order valence-corrected chi connectivity index (χ4v) is 2.54. The normalized spacial score (nSPS) is 58.2. The Morgan fingerprint density at radius 1 is 1.13 bits per heavy atom. The second-order valence-corrected chi connectivity index (χ2v) is 4.96. The van der Waals surface area contributed by atoms with Gasteiger partial charge < -0.3 is 30.9 Å². The highest BCUT2D eigenvalue weighted by Crippen LogP contribution is 2.55. The Kier molecular flexibility index (Phi) is 2.18. The molecule has 2 fully saturated rings. The summed E-state index contributed by atoms with van der Waals surface area (Å²) in [6.07, 6.45) is -4.60. The minimum absolute atomic E-state index is 0.908. The lowest BCUT2D eigenvalue weighted by Crippen LogP contribution is -2.85. The van der Waals surface area contributed by atoms with Crippen molar-refractivity contribution in [2.45, 2.75) is 50.1 Å². The van der Waals surface area contributed by atoms with Gasteiger partial charge in [-0.15, -0.1) is 0 Å². The molecule has 6 N–H and O–H groups in total. The number of fused-ring (bicyclic) bond motifs is 1. The lowest BCUT2D eigenvalue weighted by molar-refractivity contribution is -0.399. The molecule has 0 amide bonds. The summed E-state index contributed by atoms with van der Waals surface area (Å²) < 4.78 is 4.99. The van der Waals surface area contributed by atoms with Crippen LogP contribution >= 0.6 is 0 Å². The van der Waals surface area contributed by atoms with Crippen molar-refractivity contribution in [3.8, 4) is 0 Å². The first kappa shape index (κ1) is 11.3. The first-order valence-corrected chi connectivity index (χ1v) is 4.92. The highest BCUT2D eigenvalue weighted by molar-refractivity contribution is 5.23. The van der Waals surface area contributed by atoms with E-state index in [9.17, 15) is 20.4 Å². The van der Waals surface area contributed by atoms with Crippen LogP contribution in [0.3, 0.4) is 0 Å². The first-order valence-electron chi connectivity index (χ1n) is 4.92. The third-order valence-electron chi connectivity index (χ3n) is 3.92. The Labute approximate surface area is 87.3 Å². The summed E-state index contributed by atoms with van der Waals surface area (Å²) in [4.78, 5) is 0. The van der Waals surface area contributed by atoms with Crippen LogP contribution in [-0.4, -0.2) is 56.7 Å². The molecular weight excluding hydrogens is 202 g/mol. The van der Waals surface area contributed by atoms with Crippen molar-refractivity contribution in [3.63, 3.8) is 0 Å². The molecule has 1 saturated carbocycles. The van der Waals surface area contributed by atoms with Gasteiger partial charge in [0.1, 0.15) is 17.8 Å². The number of aliphatic hydroxyl groups is 4. The summed E-state index contributed by atoms with van der Waals surface area (Å²) in [5, 5.41) is 39.1. The van der Waals surface area contributed by atoms with E-state index >= 15 is 0 Å². The number of ether oxygens (including phenoxy) is 1. The van der Waals surface area contributed by atoms with Gasteiger partial charge in [-0.1, -0.05) is 13.8 Å². The molecule has 1 aliphatic heterocycles. The van der Waals surface area contributed by atoms with Crippen molar-refractivity contribution in [1.82, 2.24) is 0 Å². The zero-order valence-corrected chi connectivity index (χ0v) is 8.66. The van der Waals surface area contributed by atoms with E-state index in [0.717, 1.165) is 0 Å². The van der Waals surface area contributed by atoms with Crippen LogP contribution in [0.25, 0.3) is 0 Å². The third-order valence-corrected chi connectivity index (χ3v) is 3.92. The molecule has 6 atom stereocenters. The van der Waals surface area contributed by atoms with Crippen LogP contribution in [0, 0.1) is 5.41 Å². The highest BCUT2D eigenvalue weighted by atomic mass is 16.6. The summed E-state index contributed by atoms with van der Waals surface area (Å²) in [7, 11) is 0. The molecule has 2 aliphatic rings. The molecule has 0 spiro atoms. The summed E-state index contributed by atoms with van der Waals surface area (Å²) in [5.41, 5.74) is 2.98. The second-order valence-electron chi connectivity index (χ2n) is 4.96. The van der Waals surface area contributed by atoms with Crippen LogP contribution in [0.5, 0.6) is 0 Å². The van der Waals surface area contributed by atoms with Crippen LogP contribution in [0.15, 0.2) is 0 Å². The molecule has 2 rings (SSSR count). The largest absolute Gasteiger partial charge is 0.390 e. The zero-order valence-electron chi connectivity index (χ0n) is 8.66. The molecule has 0 bridgehead atoms. The lowest BCUT2D eigenvalue weighted by atomic mass is 9.50. The van der Waals surface area contributed by atoms with E-state index in [1.165, 1.54) is 0 Å². The number of rotatable bonds is 0. The van der Waals surface area contributed by atoms with Crippen molar-refractivity contribution in [1.29, 1.82) is 0 Å². The molecule has 0 aromatic carbocycles. The topological polar surface area (TPSA) is 116 Å². The van der Waals surface area contributed by atoms with Crippen molar-refractivity contribution in [2.24, 2.45) is 11.1 Å². The molecule has 6 heteroatoms. The molecule has 1 aliphatic carbocycles. The second kappa shape index (κ2) is 2.91. The van der Waals surface area contributed by atoms with Gasteiger partial charge in [-0.05, 0) is 0 Å². The smallest absolute Gasteiger partial charge is 0.173 e. The first-order chi connectivity index (χ1) is 6.74. The van der Waals surface area contributed by atoms with E-state index in [-0.39, 0.29) is 0 Å². The number of nitrogens with two attached hydrogens (primary N) is 1. The van der Waals surface area contributed by atoms with Gasteiger partial charge in [-0.25, -0.2) is 0 Å². The summed E-state index contributed by atoms with van der Waals surface area (Å²) in [5.74, 6) is 0. The molecule has 0 aromatic rings. The molecule has 1 unspecified atom stereocenters. The molecule has 0 radical (unpaired) electrons. The van der Waals surface area contributed by atoms with E-state index in [4.69, 9.17) is 10.5 Å². The highest BCUT2D eigenvalue weighted by Gasteiger charge is 2.74. The fraction of sp³-hybridized carbons (Fsp3) is 1.00. The minimum atomic E-state index is -1.61. The molecule has 1 heterocycles. The maximum Gasteiger partial charge on any atom is 0.173 e. The van der Waals surface area contributed by atoms with Gasteiger partial charge in [0.05, 0.1) is 12.1 Å². The number of hydrogen-bond acceptors (Lipinski definition) is 6. The summed E-state index contributed by atoms with van der Waals surface area (Å²) in [6, 6.07) is -1.07. The Morgan fingerprint density at radius 2 is 1.67 bits per heavy atom. The molecule has 6 nitrogen and oxygen atoms in total. The average molecular weight is 219 g/mol. The minimum Gasteiger partial charge on any atom is -0.390 e.